The Morgan fingerprint density at radius 3 is 1.36 bits per heavy atom. The van der Waals surface area contributed by atoms with Crippen LogP contribution in [0.5, 0.6) is 0 Å². The average Bonchev–Trinajstić information content (AvgIpc) is 3.29. The molecule has 0 saturated carbocycles. The first-order valence-corrected chi connectivity index (χ1v) is 18.8. The molecule has 262 valence electrons. The van der Waals surface area contributed by atoms with Crippen molar-refractivity contribution in [3.05, 3.63) is 206 Å². The summed E-state index contributed by atoms with van der Waals surface area (Å²) < 4.78 is 0. The zero-order valence-electron chi connectivity index (χ0n) is 30.4. The Morgan fingerprint density at radius 1 is 0.250 bits per heavy atom. The maximum atomic E-state index is 5.36. The molecule has 2 heterocycles. The maximum Gasteiger partial charge on any atom is 0.164 e. The first-order chi connectivity index (χ1) is 27.7. The molecule has 0 saturated heterocycles. The van der Waals surface area contributed by atoms with Gasteiger partial charge in [0.2, 0.25) is 0 Å². The Morgan fingerprint density at radius 2 is 0.696 bits per heavy atom. The van der Waals surface area contributed by atoms with Gasteiger partial charge in [0.05, 0.1) is 11.2 Å². The Hall–Kier alpha value is -7.56. The lowest BCUT2D eigenvalue weighted by Crippen LogP contribution is -2.00. The fourth-order valence-corrected chi connectivity index (χ4v) is 7.54. The van der Waals surface area contributed by atoms with Crippen LogP contribution < -0.4 is 0 Å². The number of hydrogen-bond acceptors (Lipinski definition) is 4. The van der Waals surface area contributed by atoms with E-state index < -0.39 is 0 Å². The summed E-state index contributed by atoms with van der Waals surface area (Å²) in [4.78, 5) is 20.4. The molecule has 4 nitrogen and oxygen atoms in total. The SMILES string of the molecule is c1ccc(-c2ccc(-c3nc(-c4ccccc4)nc(-c4cccc(-c5ccc6c(c5)nc(-c5ccccc5)c5cccc(-c7ccccc7)c56)c4)n3)cc2)cc1. The van der Waals surface area contributed by atoms with E-state index in [9.17, 15) is 0 Å². The van der Waals surface area contributed by atoms with E-state index in [1.54, 1.807) is 0 Å². The molecule has 10 aromatic rings. The summed E-state index contributed by atoms with van der Waals surface area (Å²) in [6.45, 7) is 0. The smallest absolute Gasteiger partial charge is 0.164 e. The van der Waals surface area contributed by atoms with E-state index >= 15 is 0 Å². The van der Waals surface area contributed by atoms with Crippen molar-refractivity contribution in [1.29, 1.82) is 0 Å². The summed E-state index contributed by atoms with van der Waals surface area (Å²) in [6.07, 6.45) is 0. The topological polar surface area (TPSA) is 51.6 Å². The molecule has 4 heteroatoms. The molecular weight excluding hydrogens is 681 g/mol. The molecule has 0 aliphatic rings. The normalized spacial score (nSPS) is 11.2. The van der Waals surface area contributed by atoms with Crippen LogP contribution in [0.1, 0.15) is 0 Å². The van der Waals surface area contributed by atoms with Crippen LogP contribution in [0.4, 0.5) is 0 Å². The maximum absolute atomic E-state index is 5.36. The Bertz CT molecular complexity index is 2980. The van der Waals surface area contributed by atoms with Crippen molar-refractivity contribution < 1.29 is 0 Å². The number of benzene rings is 8. The second kappa shape index (κ2) is 14.3. The van der Waals surface area contributed by atoms with Gasteiger partial charge in [0, 0.05) is 38.4 Å². The number of rotatable bonds is 7. The first kappa shape index (κ1) is 33.0. The monoisotopic (exact) mass is 714 g/mol. The number of nitrogens with zero attached hydrogens (tertiary/aromatic N) is 4. The van der Waals surface area contributed by atoms with Crippen LogP contribution in [0.3, 0.4) is 0 Å². The van der Waals surface area contributed by atoms with E-state index in [2.05, 4.69) is 164 Å². The van der Waals surface area contributed by atoms with E-state index in [-0.39, 0.29) is 0 Å². The fraction of sp³-hybridized carbons (Fsp3) is 0. The van der Waals surface area contributed by atoms with Crippen LogP contribution in [0.25, 0.3) is 100 Å². The molecule has 0 unspecified atom stereocenters. The van der Waals surface area contributed by atoms with Crippen molar-refractivity contribution in [1.82, 2.24) is 19.9 Å². The van der Waals surface area contributed by atoms with E-state index in [4.69, 9.17) is 19.9 Å². The van der Waals surface area contributed by atoms with E-state index in [1.165, 1.54) is 22.1 Å². The summed E-state index contributed by atoms with van der Waals surface area (Å²) in [5.41, 5.74) is 12.6. The molecule has 0 radical (unpaired) electrons. The van der Waals surface area contributed by atoms with Crippen LogP contribution in [-0.2, 0) is 0 Å². The number of hydrogen-bond donors (Lipinski definition) is 0. The lowest BCUT2D eigenvalue weighted by Gasteiger charge is -2.15. The molecule has 0 N–H and O–H groups in total. The van der Waals surface area contributed by atoms with Crippen molar-refractivity contribution in [3.63, 3.8) is 0 Å². The van der Waals surface area contributed by atoms with E-state index in [1.807, 2.05) is 42.5 Å². The highest BCUT2D eigenvalue weighted by atomic mass is 15.0. The zero-order valence-corrected chi connectivity index (χ0v) is 30.4. The third kappa shape index (κ3) is 6.29. The van der Waals surface area contributed by atoms with Crippen molar-refractivity contribution in [3.8, 4) is 78.8 Å². The molecule has 0 atom stereocenters. The molecule has 0 aliphatic carbocycles. The van der Waals surface area contributed by atoms with Crippen molar-refractivity contribution in [2.75, 3.05) is 0 Å². The summed E-state index contributed by atoms with van der Waals surface area (Å²) >= 11 is 0. The van der Waals surface area contributed by atoms with Gasteiger partial charge >= 0.3 is 0 Å². The summed E-state index contributed by atoms with van der Waals surface area (Å²) in [5.74, 6) is 1.88. The molecule has 0 spiro atoms. The summed E-state index contributed by atoms with van der Waals surface area (Å²) in [5, 5.41) is 3.45. The standard InChI is InChI=1S/C52H34N4/c1-5-15-35(16-6-1)36-27-29-40(30-28-36)51-54-50(39-21-11-4-12-22-39)55-52(56-51)43-24-13-23-41(33-43)42-31-32-45-47(34-42)53-49(38-19-9-3-10-20-38)46-26-14-25-44(48(45)46)37-17-7-2-8-18-37/h1-34H. The van der Waals surface area contributed by atoms with Gasteiger partial charge in [-0.2, -0.15) is 0 Å². The van der Waals surface area contributed by atoms with Gasteiger partial charge in [0.1, 0.15) is 0 Å². The molecule has 8 aromatic carbocycles. The lowest BCUT2D eigenvalue weighted by molar-refractivity contribution is 1.07. The Kier molecular flexibility index (Phi) is 8.47. The van der Waals surface area contributed by atoms with Crippen LogP contribution in [-0.4, -0.2) is 19.9 Å². The number of pyridine rings is 1. The van der Waals surface area contributed by atoms with Crippen molar-refractivity contribution in [2.24, 2.45) is 0 Å². The Balaban J connectivity index is 1.10. The molecule has 2 aromatic heterocycles. The minimum atomic E-state index is 0.617. The van der Waals surface area contributed by atoms with Gasteiger partial charge in [0.25, 0.3) is 0 Å². The van der Waals surface area contributed by atoms with Gasteiger partial charge in [-0.1, -0.05) is 194 Å². The second-order valence-electron chi connectivity index (χ2n) is 13.8. The average molecular weight is 715 g/mol. The summed E-state index contributed by atoms with van der Waals surface area (Å²) in [7, 11) is 0. The zero-order chi connectivity index (χ0) is 37.3. The third-order valence-electron chi connectivity index (χ3n) is 10.3. The largest absolute Gasteiger partial charge is 0.247 e. The predicted molar refractivity (Wildman–Crippen MR) is 231 cm³/mol. The van der Waals surface area contributed by atoms with Gasteiger partial charge < -0.3 is 0 Å². The van der Waals surface area contributed by atoms with Crippen molar-refractivity contribution in [2.45, 2.75) is 0 Å². The molecule has 0 bridgehead atoms. The van der Waals surface area contributed by atoms with Gasteiger partial charge in [0.15, 0.2) is 17.5 Å². The van der Waals surface area contributed by atoms with E-state index in [0.29, 0.717) is 17.5 Å². The van der Waals surface area contributed by atoms with Crippen LogP contribution in [0, 0.1) is 0 Å². The molecule has 0 amide bonds. The van der Waals surface area contributed by atoms with Gasteiger partial charge in [-0.05, 0) is 45.5 Å². The fourth-order valence-electron chi connectivity index (χ4n) is 7.54. The quantitative estimate of drug-likeness (QED) is 0.154. The predicted octanol–water partition coefficient (Wildman–Crippen LogP) is 13.2. The lowest BCUT2D eigenvalue weighted by atomic mass is 9.92. The third-order valence-corrected chi connectivity index (χ3v) is 10.3. The number of aromatic nitrogens is 4. The van der Waals surface area contributed by atoms with Crippen LogP contribution in [0.2, 0.25) is 0 Å². The highest BCUT2D eigenvalue weighted by Crippen LogP contribution is 2.40. The van der Waals surface area contributed by atoms with Crippen LogP contribution in [0.15, 0.2) is 206 Å². The minimum absolute atomic E-state index is 0.617. The molecular formula is C52H34N4. The second-order valence-corrected chi connectivity index (χ2v) is 13.8. The van der Waals surface area contributed by atoms with Gasteiger partial charge in [-0.25, -0.2) is 19.9 Å². The molecule has 56 heavy (non-hydrogen) atoms. The molecule has 0 aliphatic heterocycles. The summed E-state index contributed by atoms with van der Waals surface area (Å²) in [6, 6.07) is 71.7. The number of fused-ring (bicyclic) bond motifs is 3. The highest BCUT2D eigenvalue weighted by molar-refractivity contribution is 6.17. The highest BCUT2D eigenvalue weighted by Gasteiger charge is 2.17. The minimum Gasteiger partial charge on any atom is -0.247 e. The molecule has 10 rings (SSSR count). The van der Waals surface area contributed by atoms with Crippen molar-refractivity contribution >= 4 is 21.7 Å². The van der Waals surface area contributed by atoms with Gasteiger partial charge in [-0.3, -0.25) is 0 Å². The Labute approximate surface area is 325 Å². The van der Waals surface area contributed by atoms with Gasteiger partial charge in [-0.15, -0.1) is 0 Å². The van der Waals surface area contributed by atoms with Crippen LogP contribution >= 0.6 is 0 Å². The van der Waals surface area contributed by atoms with E-state index in [0.717, 1.165) is 60.9 Å². The molecule has 0 fully saturated rings. The first-order valence-electron chi connectivity index (χ1n) is 18.8.